The molecule has 19 heavy (non-hydrogen) atoms. The average molecular weight is 276 g/mol. The molecule has 0 spiro atoms. The Hall–Kier alpha value is -1.69. The van der Waals surface area contributed by atoms with Crippen LogP contribution in [0, 0.1) is 0 Å². The first-order valence-corrected chi connectivity index (χ1v) is 7.34. The highest BCUT2D eigenvalue weighted by molar-refractivity contribution is 7.16. The summed E-state index contributed by atoms with van der Waals surface area (Å²) in [5.41, 5.74) is 0. The molecule has 0 radical (unpaired) electrons. The number of likely N-dealkylation sites (tertiary alicyclic amines) is 1. The molecule has 2 aromatic heterocycles. The molecule has 2 aromatic rings. The van der Waals surface area contributed by atoms with E-state index in [1.165, 1.54) is 0 Å². The van der Waals surface area contributed by atoms with Gasteiger partial charge in [0.2, 0.25) is 5.91 Å². The second kappa shape index (κ2) is 5.13. The zero-order valence-corrected chi connectivity index (χ0v) is 11.6. The van der Waals surface area contributed by atoms with Crippen molar-refractivity contribution in [1.29, 1.82) is 0 Å². The molecule has 0 aliphatic carbocycles. The summed E-state index contributed by atoms with van der Waals surface area (Å²) < 4.78 is 0. The number of rotatable bonds is 4. The fourth-order valence-electron chi connectivity index (χ4n) is 2.41. The smallest absolute Gasteiger partial charge is 0.222 e. The molecular formula is C13H16N4OS. The minimum absolute atomic E-state index is 0.181. The highest BCUT2D eigenvalue weighted by Crippen LogP contribution is 2.24. The Bertz CT molecular complexity index is 597. The van der Waals surface area contributed by atoms with Gasteiger partial charge in [-0.2, -0.15) is 0 Å². The molecule has 0 aromatic carbocycles. The van der Waals surface area contributed by atoms with E-state index in [0.29, 0.717) is 6.42 Å². The number of nitrogens with one attached hydrogen (secondary N) is 1. The van der Waals surface area contributed by atoms with Crippen LogP contribution < -0.4 is 5.32 Å². The maximum atomic E-state index is 11.6. The van der Waals surface area contributed by atoms with Gasteiger partial charge in [-0.15, -0.1) is 11.3 Å². The Morgan fingerprint density at radius 1 is 1.53 bits per heavy atom. The molecule has 0 saturated carbocycles. The third kappa shape index (κ3) is 2.53. The lowest BCUT2D eigenvalue weighted by atomic mass is 10.3. The molecule has 1 saturated heterocycles. The number of fused-ring (bicyclic) bond motifs is 1. The zero-order valence-electron chi connectivity index (χ0n) is 10.8. The van der Waals surface area contributed by atoms with Crippen molar-refractivity contribution in [3.05, 3.63) is 17.8 Å². The minimum atomic E-state index is 0.181. The predicted octanol–water partition coefficient (Wildman–Crippen LogP) is 2.11. The summed E-state index contributed by atoms with van der Waals surface area (Å²) in [5.74, 6) is 1.11. The highest BCUT2D eigenvalue weighted by atomic mass is 32.1. The van der Waals surface area contributed by atoms with Gasteiger partial charge in [0.05, 0.1) is 5.39 Å². The maximum Gasteiger partial charge on any atom is 0.222 e. The third-order valence-corrected chi connectivity index (χ3v) is 4.13. The van der Waals surface area contributed by atoms with Crippen LogP contribution in [0.2, 0.25) is 0 Å². The monoisotopic (exact) mass is 276 g/mol. The molecule has 100 valence electrons. The van der Waals surface area contributed by atoms with Crippen molar-refractivity contribution in [3.8, 4) is 0 Å². The van der Waals surface area contributed by atoms with Crippen molar-refractivity contribution in [1.82, 2.24) is 14.9 Å². The van der Waals surface area contributed by atoms with Crippen LogP contribution >= 0.6 is 11.3 Å². The highest BCUT2D eigenvalue weighted by Gasteiger charge is 2.22. The first-order chi connectivity index (χ1) is 9.24. The lowest BCUT2D eigenvalue weighted by Crippen LogP contribution is -2.35. The number of carbonyl (C=O) groups excluding carboxylic acids is 1. The normalized spacial score (nSPS) is 17.1. The fourth-order valence-corrected chi connectivity index (χ4v) is 3.14. The van der Waals surface area contributed by atoms with E-state index in [-0.39, 0.29) is 11.9 Å². The van der Waals surface area contributed by atoms with Gasteiger partial charge in [0.25, 0.3) is 0 Å². The van der Waals surface area contributed by atoms with E-state index in [4.69, 9.17) is 0 Å². The lowest BCUT2D eigenvalue weighted by molar-refractivity contribution is -0.127. The second-order valence-corrected chi connectivity index (χ2v) is 5.74. The number of hydrogen-bond acceptors (Lipinski definition) is 5. The van der Waals surface area contributed by atoms with E-state index in [1.54, 1.807) is 17.7 Å². The number of aromatic nitrogens is 2. The van der Waals surface area contributed by atoms with Crippen LogP contribution in [-0.2, 0) is 4.79 Å². The van der Waals surface area contributed by atoms with Crippen LogP contribution in [-0.4, -0.2) is 39.9 Å². The van der Waals surface area contributed by atoms with Gasteiger partial charge in [-0.05, 0) is 24.8 Å². The van der Waals surface area contributed by atoms with Crippen molar-refractivity contribution in [2.24, 2.45) is 0 Å². The summed E-state index contributed by atoms with van der Waals surface area (Å²) in [6.07, 6.45) is 3.25. The molecule has 3 heterocycles. The Morgan fingerprint density at radius 3 is 3.21 bits per heavy atom. The van der Waals surface area contributed by atoms with Crippen molar-refractivity contribution < 1.29 is 4.79 Å². The zero-order chi connectivity index (χ0) is 13.2. The van der Waals surface area contributed by atoms with Crippen LogP contribution in [0.3, 0.4) is 0 Å². The Labute approximate surface area is 115 Å². The molecule has 0 unspecified atom stereocenters. The minimum Gasteiger partial charge on any atom is -0.365 e. The molecule has 5 nitrogen and oxygen atoms in total. The summed E-state index contributed by atoms with van der Waals surface area (Å²) in [6, 6.07) is 2.20. The van der Waals surface area contributed by atoms with Crippen molar-refractivity contribution >= 4 is 33.3 Å². The molecular weight excluding hydrogens is 260 g/mol. The van der Waals surface area contributed by atoms with Crippen LogP contribution in [0.4, 0.5) is 5.82 Å². The van der Waals surface area contributed by atoms with E-state index in [2.05, 4.69) is 22.2 Å². The average Bonchev–Trinajstić information content (AvgIpc) is 3.00. The van der Waals surface area contributed by atoms with Gasteiger partial charge in [-0.1, -0.05) is 0 Å². The van der Waals surface area contributed by atoms with E-state index in [1.807, 2.05) is 16.3 Å². The van der Waals surface area contributed by atoms with Crippen molar-refractivity contribution in [3.63, 3.8) is 0 Å². The quantitative estimate of drug-likeness (QED) is 0.929. The van der Waals surface area contributed by atoms with Crippen molar-refractivity contribution in [2.75, 3.05) is 18.4 Å². The maximum absolute atomic E-state index is 11.6. The largest absolute Gasteiger partial charge is 0.365 e. The van der Waals surface area contributed by atoms with Crippen LogP contribution in [0.15, 0.2) is 17.8 Å². The SMILES string of the molecule is C[C@H](CN1CCCC1=O)Nc1ncnc2sccc12. The molecule has 1 atom stereocenters. The molecule has 1 aliphatic heterocycles. The van der Waals surface area contributed by atoms with Gasteiger partial charge in [0.15, 0.2) is 0 Å². The number of thiophene rings is 1. The summed E-state index contributed by atoms with van der Waals surface area (Å²) in [5, 5.41) is 6.44. The Kier molecular flexibility index (Phi) is 3.33. The van der Waals surface area contributed by atoms with E-state index >= 15 is 0 Å². The van der Waals surface area contributed by atoms with Crippen LogP contribution in [0.25, 0.3) is 10.2 Å². The number of amides is 1. The van der Waals surface area contributed by atoms with E-state index in [9.17, 15) is 4.79 Å². The first kappa shape index (κ1) is 12.3. The number of anilines is 1. The van der Waals surface area contributed by atoms with Crippen LogP contribution in [0.5, 0.6) is 0 Å². The second-order valence-electron chi connectivity index (χ2n) is 4.85. The molecule has 6 heteroatoms. The number of hydrogen-bond donors (Lipinski definition) is 1. The summed E-state index contributed by atoms with van der Waals surface area (Å²) in [7, 11) is 0. The fraction of sp³-hybridized carbons (Fsp3) is 0.462. The molecule has 1 fully saturated rings. The molecule has 1 N–H and O–H groups in total. The Balaban J connectivity index is 1.70. The van der Waals surface area contributed by atoms with Gasteiger partial charge in [-0.25, -0.2) is 9.97 Å². The van der Waals surface area contributed by atoms with Gasteiger partial charge in [-0.3, -0.25) is 4.79 Å². The molecule has 1 aliphatic rings. The van der Waals surface area contributed by atoms with Gasteiger partial charge < -0.3 is 10.2 Å². The third-order valence-electron chi connectivity index (χ3n) is 3.31. The van der Waals surface area contributed by atoms with E-state index < -0.39 is 0 Å². The summed E-state index contributed by atoms with van der Waals surface area (Å²) >= 11 is 1.61. The summed E-state index contributed by atoms with van der Waals surface area (Å²) in [6.45, 7) is 3.68. The number of nitrogens with zero attached hydrogens (tertiary/aromatic N) is 3. The molecule has 3 rings (SSSR count). The molecule has 0 bridgehead atoms. The van der Waals surface area contributed by atoms with Crippen molar-refractivity contribution in [2.45, 2.75) is 25.8 Å². The first-order valence-electron chi connectivity index (χ1n) is 6.46. The summed E-state index contributed by atoms with van der Waals surface area (Å²) in [4.78, 5) is 23.0. The van der Waals surface area contributed by atoms with Gasteiger partial charge in [0, 0.05) is 25.6 Å². The van der Waals surface area contributed by atoms with E-state index in [0.717, 1.165) is 35.5 Å². The number of carbonyl (C=O) groups is 1. The standard InChI is InChI=1S/C13H16N4OS/c1-9(7-17-5-2-3-11(17)18)16-12-10-4-6-19-13(10)15-8-14-12/h4,6,8-9H,2-3,5,7H2,1H3,(H,14,15,16)/t9-/m1/s1. The lowest BCUT2D eigenvalue weighted by Gasteiger charge is -2.22. The topological polar surface area (TPSA) is 58.1 Å². The van der Waals surface area contributed by atoms with Gasteiger partial charge >= 0.3 is 0 Å². The van der Waals surface area contributed by atoms with Crippen LogP contribution in [0.1, 0.15) is 19.8 Å². The predicted molar refractivity (Wildman–Crippen MR) is 76.3 cm³/mol. The molecule has 1 amide bonds. The van der Waals surface area contributed by atoms with Gasteiger partial charge in [0.1, 0.15) is 17.0 Å². The Morgan fingerprint density at radius 2 is 2.42 bits per heavy atom.